The van der Waals surface area contributed by atoms with Crippen molar-refractivity contribution in [3.05, 3.63) is 24.5 Å². The fourth-order valence-corrected chi connectivity index (χ4v) is 2.75. The van der Waals surface area contributed by atoms with Gasteiger partial charge in [-0.1, -0.05) is 0 Å². The minimum atomic E-state index is -3.39. The molecule has 0 bridgehead atoms. The first-order chi connectivity index (χ1) is 7.21. The van der Waals surface area contributed by atoms with Crippen LogP contribution in [0.1, 0.15) is 0 Å². The van der Waals surface area contributed by atoms with Crippen molar-refractivity contribution in [1.82, 2.24) is 9.29 Å². The molecule has 0 unspecified atom stereocenters. The molecule has 0 saturated carbocycles. The van der Waals surface area contributed by atoms with E-state index in [4.69, 9.17) is 4.74 Å². The molecule has 6 heteroatoms. The lowest BCUT2D eigenvalue weighted by Gasteiger charge is -2.25. The number of aromatic nitrogens is 1. The average Bonchev–Trinajstić information content (AvgIpc) is 2.31. The van der Waals surface area contributed by atoms with E-state index < -0.39 is 10.0 Å². The van der Waals surface area contributed by atoms with Gasteiger partial charge in [-0.25, -0.2) is 8.42 Å². The number of rotatable bonds is 2. The van der Waals surface area contributed by atoms with E-state index in [0.29, 0.717) is 26.3 Å². The van der Waals surface area contributed by atoms with Gasteiger partial charge >= 0.3 is 0 Å². The van der Waals surface area contributed by atoms with Gasteiger partial charge in [-0.2, -0.15) is 4.31 Å². The maximum Gasteiger partial charge on any atom is 0.244 e. The molecule has 1 aromatic rings. The van der Waals surface area contributed by atoms with Crippen molar-refractivity contribution in [3.8, 4) is 0 Å². The highest BCUT2D eigenvalue weighted by Crippen LogP contribution is 2.14. The molecule has 1 aliphatic rings. The van der Waals surface area contributed by atoms with Crippen LogP contribution in [0.3, 0.4) is 0 Å². The van der Waals surface area contributed by atoms with Crippen molar-refractivity contribution in [3.63, 3.8) is 0 Å². The van der Waals surface area contributed by atoms with Crippen LogP contribution >= 0.6 is 0 Å². The summed E-state index contributed by atoms with van der Waals surface area (Å²) >= 11 is 0. The molecular weight excluding hydrogens is 216 g/mol. The van der Waals surface area contributed by atoms with Gasteiger partial charge in [0.2, 0.25) is 10.0 Å². The molecule has 0 atom stereocenters. The third-order valence-corrected chi connectivity index (χ3v) is 4.08. The first kappa shape index (κ1) is 10.5. The van der Waals surface area contributed by atoms with Crippen molar-refractivity contribution in [1.29, 1.82) is 0 Å². The number of pyridine rings is 1. The van der Waals surface area contributed by atoms with Crippen LogP contribution in [0.5, 0.6) is 0 Å². The van der Waals surface area contributed by atoms with Crippen LogP contribution in [-0.2, 0) is 14.8 Å². The van der Waals surface area contributed by atoms with E-state index in [2.05, 4.69) is 11.2 Å². The van der Waals surface area contributed by atoms with Crippen LogP contribution in [-0.4, -0.2) is 44.0 Å². The zero-order chi connectivity index (χ0) is 10.7. The minimum absolute atomic E-state index is 0.211. The van der Waals surface area contributed by atoms with Crippen molar-refractivity contribution in [2.75, 3.05) is 26.3 Å². The summed E-state index contributed by atoms with van der Waals surface area (Å²) in [7, 11) is -3.39. The lowest BCUT2D eigenvalue weighted by Crippen LogP contribution is -2.40. The van der Waals surface area contributed by atoms with E-state index in [1.165, 1.54) is 22.6 Å². The number of nitrogens with zero attached hydrogens (tertiary/aromatic N) is 2. The molecule has 81 valence electrons. The Morgan fingerprint density at radius 3 is 2.73 bits per heavy atom. The molecule has 0 aliphatic carbocycles. The largest absolute Gasteiger partial charge is 0.379 e. The van der Waals surface area contributed by atoms with Crippen LogP contribution in [0.25, 0.3) is 0 Å². The summed E-state index contributed by atoms with van der Waals surface area (Å²) in [6.45, 7) is 1.71. The Morgan fingerprint density at radius 1 is 1.40 bits per heavy atom. The van der Waals surface area contributed by atoms with Gasteiger partial charge in [0.25, 0.3) is 0 Å². The van der Waals surface area contributed by atoms with E-state index in [0.717, 1.165) is 0 Å². The smallest absolute Gasteiger partial charge is 0.244 e. The third kappa shape index (κ3) is 2.17. The second kappa shape index (κ2) is 4.26. The summed E-state index contributed by atoms with van der Waals surface area (Å²) < 4.78 is 30.5. The summed E-state index contributed by atoms with van der Waals surface area (Å²) in [5.74, 6) is 0. The maximum atomic E-state index is 12.0. The predicted molar refractivity (Wildman–Crippen MR) is 52.7 cm³/mol. The lowest BCUT2D eigenvalue weighted by atomic mass is 10.5. The van der Waals surface area contributed by atoms with Crippen LogP contribution < -0.4 is 0 Å². The Labute approximate surface area is 88.7 Å². The summed E-state index contributed by atoms with van der Waals surface area (Å²) in [6, 6.07) is 2.99. The second-order valence-corrected chi connectivity index (χ2v) is 5.08. The van der Waals surface area contributed by atoms with Crippen molar-refractivity contribution in [2.45, 2.75) is 4.90 Å². The second-order valence-electron chi connectivity index (χ2n) is 3.14. The Kier molecular flexibility index (Phi) is 2.99. The summed E-state index contributed by atoms with van der Waals surface area (Å²) in [5, 5.41) is 0. The Hall–Kier alpha value is -0.980. The molecule has 5 nitrogen and oxygen atoms in total. The van der Waals surface area contributed by atoms with E-state index in [9.17, 15) is 8.42 Å². The zero-order valence-electron chi connectivity index (χ0n) is 8.09. The summed E-state index contributed by atoms with van der Waals surface area (Å²) in [5.41, 5.74) is 0. The van der Waals surface area contributed by atoms with E-state index >= 15 is 0 Å². The Bertz CT molecular complexity index is 412. The van der Waals surface area contributed by atoms with E-state index in [1.807, 2.05) is 0 Å². The molecule has 2 rings (SSSR count). The molecule has 0 aromatic carbocycles. The molecular formula is C9H11N2O3S. The fourth-order valence-electron chi connectivity index (χ4n) is 1.39. The van der Waals surface area contributed by atoms with Crippen molar-refractivity contribution < 1.29 is 13.2 Å². The topological polar surface area (TPSA) is 59.5 Å². The zero-order valence-corrected chi connectivity index (χ0v) is 8.90. The van der Waals surface area contributed by atoms with E-state index in [-0.39, 0.29) is 4.90 Å². The van der Waals surface area contributed by atoms with Gasteiger partial charge in [0.15, 0.2) is 0 Å². The molecule has 15 heavy (non-hydrogen) atoms. The SMILES string of the molecule is O=S(=O)(c1cc[c]nc1)N1CCOCC1. The third-order valence-electron chi connectivity index (χ3n) is 2.20. The number of hydrogen-bond donors (Lipinski definition) is 0. The Morgan fingerprint density at radius 2 is 2.13 bits per heavy atom. The molecule has 0 spiro atoms. The van der Waals surface area contributed by atoms with Gasteiger partial charge < -0.3 is 4.74 Å². The van der Waals surface area contributed by atoms with Gasteiger partial charge in [0.05, 0.1) is 19.4 Å². The summed E-state index contributed by atoms with van der Waals surface area (Å²) in [4.78, 5) is 3.89. The average molecular weight is 227 g/mol. The van der Waals surface area contributed by atoms with Crippen LogP contribution in [0.2, 0.25) is 0 Å². The quantitative estimate of drug-likeness (QED) is 0.708. The summed E-state index contributed by atoms with van der Waals surface area (Å²) in [6.07, 6.45) is 3.86. The van der Waals surface area contributed by atoms with Gasteiger partial charge in [0, 0.05) is 19.3 Å². The Balaban J connectivity index is 2.26. The molecule has 1 saturated heterocycles. The first-order valence-corrected chi connectivity index (χ1v) is 6.05. The number of hydrogen-bond acceptors (Lipinski definition) is 4. The standard InChI is InChI=1S/C9H11N2O3S/c12-15(13,9-2-1-3-10-8-9)11-4-6-14-7-5-11/h1-2,8H,4-7H2. The van der Waals surface area contributed by atoms with Crippen LogP contribution in [0.4, 0.5) is 0 Å². The molecule has 2 heterocycles. The van der Waals surface area contributed by atoms with Crippen molar-refractivity contribution in [2.24, 2.45) is 0 Å². The van der Waals surface area contributed by atoms with Gasteiger partial charge in [-0.3, -0.25) is 4.98 Å². The van der Waals surface area contributed by atoms with Gasteiger partial charge in [0.1, 0.15) is 4.90 Å². The number of morpholine rings is 1. The number of sulfonamides is 1. The van der Waals surface area contributed by atoms with Crippen molar-refractivity contribution >= 4 is 10.0 Å². The highest BCUT2D eigenvalue weighted by atomic mass is 32.2. The molecule has 1 aliphatic heterocycles. The maximum absolute atomic E-state index is 12.0. The first-order valence-electron chi connectivity index (χ1n) is 4.61. The minimum Gasteiger partial charge on any atom is -0.379 e. The predicted octanol–water partition coefficient (Wildman–Crippen LogP) is -0.0973. The van der Waals surface area contributed by atoms with E-state index in [1.54, 1.807) is 0 Å². The molecule has 0 N–H and O–H groups in total. The highest BCUT2D eigenvalue weighted by molar-refractivity contribution is 7.89. The fraction of sp³-hybridized carbons (Fsp3) is 0.444. The number of ether oxygens (including phenoxy) is 1. The molecule has 0 amide bonds. The van der Waals surface area contributed by atoms with Gasteiger partial charge in [-0.05, 0) is 12.1 Å². The van der Waals surface area contributed by atoms with Gasteiger partial charge in [-0.15, -0.1) is 0 Å². The van der Waals surface area contributed by atoms with Crippen LogP contribution in [0, 0.1) is 6.20 Å². The monoisotopic (exact) mass is 227 g/mol. The lowest BCUT2D eigenvalue weighted by molar-refractivity contribution is 0.0730. The highest BCUT2D eigenvalue weighted by Gasteiger charge is 2.26. The molecule has 1 fully saturated rings. The molecule has 1 radical (unpaired) electrons. The molecule has 1 aromatic heterocycles. The van der Waals surface area contributed by atoms with Crippen LogP contribution in [0.15, 0.2) is 23.2 Å². The normalized spacial score (nSPS) is 18.9.